The third-order valence-corrected chi connectivity index (χ3v) is 5.63. The van der Waals surface area contributed by atoms with E-state index in [1.807, 2.05) is 20.8 Å². The lowest BCUT2D eigenvalue weighted by atomic mass is 9.86. The highest BCUT2D eigenvalue weighted by Crippen LogP contribution is 2.32. The van der Waals surface area contributed by atoms with Gasteiger partial charge in [0.2, 0.25) is 0 Å². The van der Waals surface area contributed by atoms with Crippen LogP contribution < -0.4 is 0 Å². The number of piperidine rings is 2. The normalized spacial score (nSPS) is 23.5. The highest BCUT2D eigenvalue weighted by molar-refractivity contribution is 7.86. The van der Waals surface area contributed by atoms with E-state index in [0.717, 1.165) is 45.0 Å². The van der Waals surface area contributed by atoms with Crippen LogP contribution in [0.25, 0.3) is 0 Å². The fraction of sp³-hybridized carbons (Fsp3) is 0.941. The van der Waals surface area contributed by atoms with Crippen molar-refractivity contribution in [1.82, 2.24) is 9.80 Å². The standard InChI is InChI=1S/C17H32N2O5S/c1-16(2,3)23-15(20)18-12-8-17(4,9-13-18)19-10-6-14(7-11-19)24-25(5,21)22/h14H,6-13H2,1-5H3. The van der Waals surface area contributed by atoms with Gasteiger partial charge in [-0.05, 0) is 53.4 Å². The van der Waals surface area contributed by atoms with Crippen molar-refractivity contribution in [2.45, 2.75) is 70.6 Å². The van der Waals surface area contributed by atoms with Gasteiger partial charge >= 0.3 is 6.09 Å². The zero-order chi connectivity index (χ0) is 18.9. The predicted octanol–water partition coefficient (Wildman–Crippen LogP) is 2.22. The quantitative estimate of drug-likeness (QED) is 0.703. The van der Waals surface area contributed by atoms with Gasteiger partial charge in [0.1, 0.15) is 5.60 Å². The fourth-order valence-corrected chi connectivity index (χ4v) is 4.24. The summed E-state index contributed by atoms with van der Waals surface area (Å²) in [6, 6.07) is 0. The molecule has 2 aliphatic heterocycles. The summed E-state index contributed by atoms with van der Waals surface area (Å²) in [7, 11) is -3.39. The predicted molar refractivity (Wildman–Crippen MR) is 96.0 cm³/mol. The Bertz CT molecular complexity index is 568. The van der Waals surface area contributed by atoms with Crippen molar-refractivity contribution in [3.05, 3.63) is 0 Å². The van der Waals surface area contributed by atoms with Gasteiger partial charge in [-0.1, -0.05) is 0 Å². The Labute approximate surface area is 151 Å². The Morgan fingerprint density at radius 3 is 2.04 bits per heavy atom. The summed E-state index contributed by atoms with van der Waals surface area (Å²) in [4.78, 5) is 16.4. The maximum atomic E-state index is 12.2. The van der Waals surface area contributed by atoms with Crippen LogP contribution in [0, 0.1) is 0 Å². The Morgan fingerprint density at radius 2 is 1.60 bits per heavy atom. The largest absolute Gasteiger partial charge is 0.444 e. The van der Waals surface area contributed by atoms with Gasteiger partial charge in [0.15, 0.2) is 0 Å². The Morgan fingerprint density at radius 1 is 1.08 bits per heavy atom. The molecule has 8 heteroatoms. The summed E-state index contributed by atoms with van der Waals surface area (Å²) in [6.45, 7) is 10.9. The number of rotatable bonds is 3. The molecular weight excluding hydrogens is 344 g/mol. The van der Waals surface area contributed by atoms with E-state index in [1.165, 1.54) is 0 Å². The van der Waals surface area contributed by atoms with Crippen molar-refractivity contribution < 1.29 is 22.1 Å². The topological polar surface area (TPSA) is 76.2 Å². The smallest absolute Gasteiger partial charge is 0.410 e. The number of ether oxygens (including phenoxy) is 1. The third-order valence-electron chi connectivity index (χ3n) is 5.01. The highest BCUT2D eigenvalue weighted by atomic mass is 32.2. The van der Waals surface area contributed by atoms with Crippen molar-refractivity contribution in [2.75, 3.05) is 32.4 Å². The minimum atomic E-state index is -3.39. The van der Waals surface area contributed by atoms with Gasteiger partial charge in [-0.2, -0.15) is 8.42 Å². The van der Waals surface area contributed by atoms with Gasteiger partial charge in [-0.25, -0.2) is 4.79 Å². The second-order valence-electron chi connectivity index (χ2n) is 8.45. The van der Waals surface area contributed by atoms with E-state index < -0.39 is 15.7 Å². The molecule has 0 radical (unpaired) electrons. The van der Waals surface area contributed by atoms with Gasteiger partial charge in [-0.15, -0.1) is 0 Å². The van der Waals surface area contributed by atoms with E-state index in [4.69, 9.17) is 8.92 Å². The van der Waals surface area contributed by atoms with E-state index in [-0.39, 0.29) is 17.7 Å². The molecule has 0 atom stereocenters. The molecule has 2 fully saturated rings. The molecule has 0 aromatic heterocycles. The molecule has 0 aliphatic carbocycles. The maximum absolute atomic E-state index is 12.2. The molecule has 2 saturated heterocycles. The summed E-state index contributed by atoms with van der Waals surface area (Å²) in [5.74, 6) is 0. The van der Waals surface area contributed by atoms with Crippen LogP contribution in [0.3, 0.4) is 0 Å². The van der Waals surface area contributed by atoms with E-state index in [1.54, 1.807) is 4.90 Å². The monoisotopic (exact) mass is 376 g/mol. The maximum Gasteiger partial charge on any atom is 0.410 e. The van der Waals surface area contributed by atoms with Crippen molar-refractivity contribution in [2.24, 2.45) is 0 Å². The second kappa shape index (κ2) is 7.40. The summed E-state index contributed by atoms with van der Waals surface area (Å²) in [6.07, 6.45) is 3.88. The van der Waals surface area contributed by atoms with Crippen LogP contribution in [0.4, 0.5) is 4.79 Å². The van der Waals surface area contributed by atoms with Crippen LogP contribution in [-0.2, 0) is 19.0 Å². The van der Waals surface area contributed by atoms with Crippen LogP contribution in [0.2, 0.25) is 0 Å². The molecule has 2 heterocycles. The molecule has 25 heavy (non-hydrogen) atoms. The number of nitrogens with zero attached hydrogens (tertiary/aromatic N) is 2. The lowest BCUT2D eigenvalue weighted by Gasteiger charge is -2.49. The number of carbonyl (C=O) groups excluding carboxylic acids is 1. The number of likely N-dealkylation sites (tertiary alicyclic amines) is 2. The molecule has 0 saturated carbocycles. The molecule has 0 bridgehead atoms. The summed E-state index contributed by atoms with van der Waals surface area (Å²) < 4.78 is 33.1. The molecule has 0 aromatic rings. The lowest BCUT2D eigenvalue weighted by molar-refractivity contribution is -0.0167. The van der Waals surface area contributed by atoms with Gasteiger partial charge in [0.25, 0.3) is 10.1 Å². The fourth-order valence-electron chi connectivity index (χ4n) is 3.55. The minimum Gasteiger partial charge on any atom is -0.444 e. The van der Waals surface area contributed by atoms with Crippen molar-refractivity contribution in [3.8, 4) is 0 Å². The summed E-state index contributed by atoms with van der Waals surface area (Å²) >= 11 is 0. The first-order valence-corrected chi connectivity index (χ1v) is 10.8. The van der Waals surface area contributed by atoms with Crippen molar-refractivity contribution in [1.29, 1.82) is 0 Å². The lowest BCUT2D eigenvalue weighted by Crippen LogP contribution is -2.57. The van der Waals surface area contributed by atoms with Crippen LogP contribution in [0.5, 0.6) is 0 Å². The number of hydrogen-bond acceptors (Lipinski definition) is 6. The van der Waals surface area contributed by atoms with E-state index in [2.05, 4.69) is 11.8 Å². The summed E-state index contributed by atoms with van der Waals surface area (Å²) in [5, 5.41) is 0. The number of carbonyl (C=O) groups is 1. The average molecular weight is 377 g/mol. The molecule has 0 spiro atoms. The van der Waals surface area contributed by atoms with Crippen LogP contribution in [-0.4, -0.2) is 74.0 Å². The molecule has 146 valence electrons. The van der Waals surface area contributed by atoms with Gasteiger partial charge < -0.3 is 9.64 Å². The van der Waals surface area contributed by atoms with Crippen LogP contribution in [0.15, 0.2) is 0 Å². The first-order valence-electron chi connectivity index (χ1n) is 8.99. The van der Waals surface area contributed by atoms with Crippen molar-refractivity contribution >= 4 is 16.2 Å². The zero-order valence-electron chi connectivity index (χ0n) is 16.1. The SMILES string of the molecule is CC(C)(C)OC(=O)N1CCC(C)(N2CCC(OS(C)(=O)=O)CC2)CC1. The molecule has 0 unspecified atom stereocenters. The molecule has 7 nitrogen and oxygen atoms in total. The molecule has 0 aromatic carbocycles. The Hall–Kier alpha value is -0.860. The van der Waals surface area contributed by atoms with Crippen molar-refractivity contribution in [3.63, 3.8) is 0 Å². The molecule has 2 rings (SSSR count). The van der Waals surface area contributed by atoms with Gasteiger partial charge in [0.05, 0.1) is 12.4 Å². The van der Waals surface area contributed by atoms with Crippen LogP contribution >= 0.6 is 0 Å². The molecule has 0 N–H and O–H groups in total. The Kier molecular flexibility index (Phi) is 6.06. The highest BCUT2D eigenvalue weighted by Gasteiger charge is 2.39. The van der Waals surface area contributed by atoms with E-state index in [9.17, 15) is 13.2 Å². The third kappa shape index (κ3) is 6.11. The molecular formula is C17H32N2O5S. The zero-order valence-corrected chi connectivity index (χ0v) is 16.9. The van der Waals surface area contributed by atoms with Gasteiger partial charge in [0, 0.05) is 31.7 Å². The van der Waals surface area contributed by atoms with E-state index >= 15 is 0 Å². The first-order chi connectivity index (χ1) is 11.4. The molecule has 1 amide bonds. The van der Waals surface area contributed by atoms with Gasteiger partial charge in [-0.3, -0.25) is 9.08 Å². The summed E-state index contributed by atoms with van der Waals surface area (Å²) in [5.41, 5.74) is -0.437. The van der Waals surface area contributed by atoms with Crippen LogP contribution in [0.1, 0.15) is 53.4 Å². The molecule has 2 aliphatic rings. The number of hydrogen-bond donors (Lipinski definition) is 0. The second-order valence-corrected chi connectivity index (χ2v) is 10.1. The van der Waals surface area contributed by atoms with E-state index in [0.29, 0.717) is 13.1 Å². The number of amides is 1. The average Bonchev–Trinajstić information content (AvgIpc) is 2.45. The Balaban J connectivity index is 1.84. The minimum absolute atomic E-state index is 0.0363. The first kappa shape index (κ1) is 20.5.